The number of benzene rings is 1. The predicted molar refractivity (Wildman–Crippen MR) is 68.7 cm³/mol. The van der Waals surface area contributed by atoms with Gasteiger partial charge in [0.25, 0.3) is 0 Å². The Bertz CT molecular complexity index is 524. The highest BCUT2D eigenvalue weighted by Crippen LogP contribution is 2.22. The van der Waals surface area contributed by atoms with Crippen molar-refractivity contribution in [1.82, 2.24) is 10.3 Å². The zero-order valence-electron chi connectivity index (χ0n) is 9.58. The number of thiazole rings is 1. The summed E-state index contributed by atoms with van der Waals surface area (Å²) >= 11 is 7.09. The minimum absolute atomic E-state index is 0.0418. The maximum atomic E-state index is 13.5. The van der Waals surface area contributed by atoms with Crippen LogP contribution in [-0.2, 0) is 6.54 Å². The summed E-state index contributed by atoms with van der Waals surface area (Å²) in [4.78, 5) is 4.06. The van der Waals surface area contributed by atoms with Crippen LogP contribution in [0.1, 0.15) is 23.5 Å². The lowest BCUT2D eigenvalue weighted by Gasteiger charge is -2.14. The van der Waals surface area contributed by atoms with E-state index in [1.165, 1.54) is 29.5 Å². The number of hydrogen-bond donors (Lipinski definition) is 1. The second-order valence-corrected chi connectivity index (χ2v) is 5.54. The molecule has 2 rings (SSSR count). The molecule has 6 heteroatoms. The van der Waals surface area contributed by atoms with E-state index >= 15 is 0 Å². The Hall–Kier alpha value is -1.04. The van der Waals surface area contributed by atoms with Gasteiger partial charge in [0, 0.05) is 18.2 Å². The Labute approximate surface area is 113 Å². The quantitative estimate of drug-likeness (QED) is 0.922. The molecule has 1 N–H and O–H groups in total. The summed E-state index contributed by atoms with van der Waals surface area (Å²) in [5, 5.41) is 3.80. The molecule has 0 fully saturated rings. The van der Waals surface area contributed by atoms with E-state index in [1.54, 1.807) is 13.1 Å². The molecule has 2 nitrogen and oxygen atoms in total. The van der Waals surface area contributed by atoms with Crippen LogP contribution in [0.3, 0.4) is 0 Å². The van der Waals surface area contributed by atoms with E-state index in [2.05, 4.69) is 10.3 Å². The summed E-state index contributed by atoms with van der Waals surface area (Å²) < 4.78 is 27.6. The average molecular weight is 289 g/mol. The smallest absolute Gasteiger partial charge is 0.130 e. The minimum Gasteiger partial charge on any atom is -0.304 e. The van der Waals surface area contributed by atoms with Gasteiger partial charge in [0.05, 0.1) is 6.20 Å². The molecule has 96 valence electrons. The van der Waals surface area contributed by atoms with Crippen molar-refractivity contribution in [2.24, 2.45) is 0 Å². The normalized spacial score (nSPS) is 12.7. The molecule has 0 aliphatic carbocycles. The van der Waals surface area contributed by atoms with E-state index in [4.69, 9.17) is 11.6 Å². The highest BCUT2D eigenvalue weighted by atomic mass is 35.5. The van der Waals surface area contributed by atoms with Gasteiger partial charge in [0.2, 0.25) is 0 Å². The summed E-state index contributed by atoms with van der Waals surface area (Å²) in [7, 11) is 0. The third kappa shape index (κ3) is 3.04. The number of halogens is 3. The van der Waals surface area contributed by atoms with Crippen LogP contribution in [0.4, 0.5) is 8.78 Å². The molecule has 0 radical (unpaired) electrons. The fourth-order valence-electron chi connectivity index (χ4n) is 1.64. The van der Waals surface area contributed by atoms with Crippen molar-refractivity contribution in [2.75, 3.05) is 0 Å². The zero-order valence-corrected chi connectivity index (χ0v) is 11.2. The zero-order chi connectivity index (χ0) is 13.1. The van der Waals surface area contributed by atoms with Gasteiger partial charge in [-0.3, -0.25) is 0 Å². The predicted octanol–water partition coefficient (Wildman–Crippen LogP) is 3.93. The van der Waals surface area contributed by atoms with E-state index in [0.29, 0.717) is 10.9 Å². The molecule has 18 heavy (non-hydrogen) atoms. The first-order chi connectivity index (χ1) is 8.58. The molecule has 1 unspecified atom stereocenters. The van der Waals surface area contributed by atoms with Crippen LogP contribution >= 0.6 is 22.9 Å². The van der Waals surface area contributed by atoms with Gasteiger partial charge in [-0.25, -0.2) is 13.8 Å². The lowest BCUT2D eigenvalue weighted by molar-refractivity contribution is 0.487. The Morgan fingerprint density at radius 1 is 1.39 bits per heavy atom. The maximum absolute atomic E-state index is 13.5. The monoisotopic (exact) mass is 288 g/mol. The molecule has 1 aromatic carbocycles. The Morgan fingerprint density at radius 3 is 2.61 bits per heavy atom. The molecule has 1 heterocycles. The molecule has 0 spiro atoms. The van der Waals surface area contributed by atoms with Crippen molar-refractivity contribution in [3.8, 4) is 0 Å². The Morgan fingerprint density at radius 2 is 2.06 bits per heavy atom. The van der Waals surface area contributed by atoms with E-state index < -0.39 is 17.7 Å². The van der Waals surface area contributed by atoms with Crippen LogP contribution in [0.25, 0.3) is 0 Å². The van der Waals surface area contributed by atoms with E-state index in [1.807, 2.05) is 0 Å². The average Bonchev–Trinajstić information content (AvgIpc) is 2.72. The number of aromatic nitrogens is 1. The summed E-state index contributed by atoms with van der Waals surface area (Å²) in [6, 6.07) is 3.41. The molecule has 1 atom stereocenters. The molecule has 0 bridgehead atoms. The second kappa shape index (κ2) is 5.73. The van der Waals surface area contributed by atoms with Crippen molar-refractivity contribution in [1.29, 1.82) is 0 Å². The van der Waals surface area contributed by atoms with Crippen LogP contribution in [-0.4, -0.2) is 4.98 Å². The van der Waals surface area contributed by atoms with Crippen LogP contribution < -0.4 is 5.32 Å². The van der Waals surface area contributed by atoms with E-state index in [-0.39, 0.29) is 5.56 Å². The number of hydrogen-bond acceptors (Lipinski definition) is 3. The topological polar surface area (TPSA) is 24.9 Å². The van der Waals surface area contributed by atoms with Gasteiger partial charge in [-0.1, -0.05) is 17.7 Å². The van der Waals surface area contributed by atoms with Gasteiger partial charge in [0.1, 0.15) is 21.0 Å². The van der Waals surface area contributed by atoms with Gasteiger partial charge in [-0.05, 0) is 19.1 Å². The maximum Gasteiger partial charge on any atom is 0.130 e. The third-order valence-corrected chi connectivity index (χ3v) is 3.63. The lowest BCUT2D eigenvalue weighted by atomic mass is 10.1. The molecule has 0 amide bonds. The van der Waals surface area contributed by atoms with Crippen LogP contribution in [0, 0.1) is 11.6 Å². The Balaban J connectivity index is 2.06. The van der Waals surface area contributed by atoms with Gasteiger partial charge in [-0.2, -0.15) is 0 Å². The first-order valence-corrected chi connectivity index (χ1v) is 6.55. The molecule has 0 aliphatic rings. The van der Waals surface area contributed by atoms with Gasteiger partial charge >= 0.3 is 0 Å². The fourth-order valence-corrected chi connectivity index (χ4v) is 2.54. The molecular formula is C12H11ClF2N2S. The third-order valence-electron chi connectivity index (χ3n) is 2.52. The molecule has 0 aliphatic heterocycles. The van der Waals surface area contributed by atoms with Crippen molar-refractivity contribution in [3.63, 3.8) is 0 Å². The summed E-state index contributed by atoms with van der Waals surface area (Å²) in [6.45, 7) is 2.13. The van der Waals surface area contributed by atoms with Crippen molar-refractivity contribution in [2.45, 2.75) is 19.5 Å². The van der Waals surface area contributed by atoms with Gasteiger partial charge in [0.15, 0.2) is 0 Å². The summed E-state index contributed by atoms with van der Waals surface area (Å²) in [5.41, 5.74) is 0.0418. The minimum atomic E-state index is -0.549. The molecule has 1 aromatic heterocycles. The summed E-state index contributed by atoms with van der Waals surface area (Å²) in [6.07, 6.45) is 1.55. The molecule has 0 saturated heterocycles. The fraction of sp³-hybridized carbons (Fsp3) is 0.250. The lowest BCUT2D eigenvalue weighted by Crippen LogP contribution is -2.20. The first kappa shape index (κ1) is 13.4. The van der Waals surface area contributed by atoms with E-state index in [9.17, 15) is 8.78 Å². The Kier molecular flexibility index (Phi) is 4.27. The number of rotatable bonds is 4. The van der Waals surface area contributed by atoms with Gasteiger partial charge in [-0.15, -0.1) is 11.3 Å². The van der Waals surface area contributed by atoms with Crippen molar-refractivity contribution in [3.05, 3.63) is 50.9 Å². The van der Waals surface area contributed by atoms with E-state index in [0.717, 1.165) is 5.01 Å². The first-order valence-electron chi connectivity index (χ1n) is 5.35. The largest absolute Gasteiger partial charge is 0.304 e. The van der Waals surface area contributed by atoms with Crippen LogP contribution in [0.15, 0.2) is 24.4 Å². The molecule has 0 saturated carbocycles. The highest BCUT2D eigenvalue weighted by Gasteiger charge is 2.15. The molecule has 2 aromatic rings. The highest BCUT2D eigenvalue weighted by molar-refractivity contribution is 7.15. The van der Waals surface area contributed by atoms with Crippen molar-refractivity contribution < 1.29 is 8.78 Å². The van der Waals surface area contributed by atoms with Crippen LogP contribution in [0.2, 0.25) is 4.34 Å². The van der Waals surface area contributed by atoms with Crippen molar-refractivity contribution >= 4 is 22.9 Å². The van der Waals surface area contributed by atoms with Gasteiger partial charge < -0.3 is 5.32 Å². The van der Waals surface area contributed by atoms with Crippen LogP contribution in [0.5, 0.6) is 0 Å². The summed E-state index contributed by atoms with van der Waals surface area (Å²) in [5.74, 6) is -1.10. The SMILES string of the molecule is CC(NCc1ncc(Cl)s1)c1c(F)cccc1F. The second-order valence-electron chi connectivity index (χ2n) is 3.80. The standard InChI is InChI=1S/C12H11ClF2N2S/c1-7(12-8(14)3-2-4-9(12)15)16-6-11-17-5-10(13)18-11/h2-5,7,16H,6H2,1H3. The number of nitrogens with zero attached hydrogens (tertiary/aromatic N) is 1. The molecular weight excluding hydrogens is 278 g/mol. The number of nitrogens with one attached hydrogen (secondary N) is 1.